The fraction of sp³-hybridized carbons (Fsp3) is 0. The molecule has 0 aliphatic heterocycles. The van der Waals surface area contributed by atoms with Gasteiger partial charge < -0.3 is 0 Å². The van der Waals surface area contributed by atoms with E-state index in [4.69, 9.17) is 6.58 Å². The molecule has 1 aromatic rings. The van der Waals surface area contributed by atoms with Gasteiger partial charge in [-0.3, -0.25) is 6.58 Å². The zero-order valence-corrected chi connectivity index (χ0v) is 10.6. The van der Waals surface area contributed by atoms with Gasteiger partial charge in [-0.1, -0.05) is 18.2 Å². The molecule has 1 rings (SSSR count). The van der Waals surface area contributed by atoms with Crippen molar-refractivity contribution in [2.45, 2.75) is 0 Å². The fourth-order valence-corrected chi connectivity index (χ4v) is 0.982. The molecule has 0 heterocycles. The Bertz CT molecular complexity index is 479. The van der Waals surface area contributed by atoms with E-state index in [9.17, 15) is 14.4 Å². The molecule has 76 valence electrons. The predicted octanol–water partition coefficient (Wildman–Crippen LogP) is 0.939. The van der Waals surface area contributed by atoms with Gasteiger partial charge in [0, 0.05) is 0 Å². The smallest absolute Gasteiger partial charge is 0.0653 e. The summed E-state index contributed by atoms with van der Waals surface area (Å²) >= 11 is -3.05. The summed E-state index contributed by atoms with van der Waals surface area (Å²) in [4.78, 5) is 28.2. The van der Waals surface area contributed by atoms with Crippen LogP contribution >= 0.6 is 0 Å². The van der Waals surface area contributed by atoms with E-state index in [0.29, 0.717) is 0 Å². The summed E-state index contributed by atoms with van der Waals surface area (Å²) in [5.41, 5.74) is 1.06. The molecule has 0 aromatic heterocycles. The molecule has 1 aromatic carbocycles. The van der Waals surface area contributed by atoms with Gasteiger partial charge in [0.25, 0.3) is 0 Å². The van der Waals surface area contributed by atoms with Crippen LogP contribution in [0.15, 0.2) is 30.3 Å². The van der Waals surface area contributed by atoms with Crippen LogP contribution in [0.5, 0.6) is 0 Å². The Kier molecular flexibility index (Phi) is 8.00. The minimum Gasteiger partial charge on any atom is -0.292 e. The number of hydrogen-bond acceptors (Lipinski definition) is 3. The summed E-state index contributed by atoms with van der Waals surface area (Å²) < 4.78 is 3.90. The number of hydrogen-bond donors (Lipinski definition) is 0. The molecular formula is C11H7O3W-. The summed E-state index contributed by atoms with van der Waals surface area (Å²) in [5, 5.41) is 0. The fourth-order valence-electron chi connectivity index (χ4n) is 0.615. The second-order valence-electron chi connectivity index (χ2n) is 2.13. The van der Waals surface area contributed by atoms with Gasteiger partial charge in [0.15, 0.2) is 0 Å². The normalized spacial score (nSPS) is 6.93. The van der Waals surface area contributed by atoms with Crippen LogP contribution in [0.25, 0.3) is 6.08 Å². The standard InChI is InChI=1S/C8H7.3CO.W/c1-2-8-6-4-3-5-7-8;3*1-2;/h1-7H;;;;/q-1;;;;. The molecule has 0 spiro atoms. The van der Waals surface area contributed by atoms with Crippen molar-refractivity contribution in [3.05, 3.63) is 42.5 Å². The first-order chi connectivity index (χ1) is 7.28. The monoisotopic (exact) mass is 371 g/mol. The topological polar surface area (TPSA) is 51.2 Å². The Morgan fingerprint density at radius 1 is 1.00 bits per heavy atom. The van der Waals surface area contributed by atoms with Crippen molar-refractivity contribution in [2.24, 2.45) is 0 Å². The largest absolute Gasteiger partial charge is 0.292 e. The molecular weight excluding hydrogens is 364 g/mol. The molecule has 0 bridgehead atoms. The molecule has 0 atom stereocenters. The van der Waals surface area contributed by atoms with Crippen molar-refractivity contribution >= 4 is 18.9 Å². The van der Waals surface area contributed by atoms with E-state index in [1.54, 1.807) is 6.08 Å². The number of carbonyl (C=O) groups excluding carboxylic acids is 3. The molecule has 0 unspecified atom stereocenters. The third-order valence-electron chi connectivity index (χ3n) is 1.24. The van der Waals surface area contributed by atoms with Gasteiger partial charge in [0.1, 0.15) is 0 Å². The van der Waals surface area contributed by atoms with E-state index in [1.807, 2.05) is 30.3 Å². The third-order valence-corrected chi connectivity index (χ3v) is 3.04. The zero-order chi connectivity index (χ0) is 11.5. The maximum absolute atomic E-state index is 9.40. The van der Waals surface area contributed by atoms with Gasteiger partial charge in [-0.15, -0.1) is 12.1 Å². The van der Waals surface area contributed by atoms with Gasteiger partial charge in [-0.05, 0) is 0 Å². The van der Waals surface area contributed by atoms with Gasteiger partial charge in [0.2, 0.25) is 0 Å². The third kappa shape index (κ3) is 6.46. The molecule has 0 saturated carbocycles. The SMILES string of the molecule is O=[C]=[W](=[C]=O)=[C]=O.[CH-]=Cc1ccccc1. The first-order valence-corrected chi connectivity index (χ1v) is 8.16. The van der Waals surface area contributed by atoms with E-state index >= 15 is 0 Å². The second kappa shape index (κ2) is 8.96. The molecule has 3 nitrogen and oxygen atoms in total. The molecule has 0 saturated heterocycles. The van der Waals surface area contributed by atoms with Crippen LogP contribution < -0.4 is 0 Å². The minimum absolute atomic E-state index is 1.06. The maximum Gasteiger partial charge on any atom is -0.0653 e. The van der Waals surface area contributed by atoms with Crippen LogP contribution in [0, 0.1) is 6.58 Å². The molecule has 0 aliphatic carbocycles. The second-order valence-corrected chi connectivity index (χ2v) is 6.13. The average Bonchev–Trinajstić information content (AvgIpc) is 2.33. The summed E-state index contributed by atoms with van der Waals surface area (Å²) in [5.74, 6) is 0. The van der Waals surface area contributed by atoms with Crippen LogP contribution in [-0.4, -0.2) is 12.8 Å². The summed E-state index contributed by atoms with van der Waals surface area (Å²) in [6, 6.07) is 9.80. The van der Waals surface area contributed by atoms with E-state index in [1.165, 1.54) is 12.8 Å². The molecule has 0 amide bonds. The molecule has 0 N–H and O–H groups in total. The van der Waals surface area contributed by atoms with Crippen molar-refractivity contribution in [1.82, 2.24) is 0 Å². The van der Waals surface area contributed by atoms with E-state index in [0.717, 1.165) is 5.56 Å². The Labute approximate surface area is 91.8 Å². The molecule has 0 radical (unpaired) electrons. The van der Waals surface area contributed by atoms with Crippen molar-refractivity contribution in [3.8, 4) is 0 Å². The quantitative estimate of drug-likeness (QED) is 0.691. The molecule has 0 aliphatic rings. The Morgan fingerprint density at radius 3 is 1.67 bits per heavy atom. The van der Waals surface area contributed by atoms with Crippen molar-refractivity contribution in [2.75, 3.05) is 0 Å². The molecule has 4 heteroatoms. The minimum atomic E-state index is -3.05. The van der Waals surface area contributed by atoms with Crippen molar-refractivity contribution in [3.63, 3.8) is 0 Å². The molecule has 15 heavy (non-hydrogen) atoms. The van der Waals surface area contributed by atoms with Crippen molar-refractivity contribution < 1.29 is 30.3 Å². The van der Waals surface area contributed by atoms with Gasteiger partial charge >= 0.3 is 43.1 Å². The first kappa shape index (κ1) is 13.4. The van der Waals surface area contributed by atoms with Crippen LogP contribution in [-0.2, 0) is 30.3 Å². The Hall–Kier alpha value is -1.61. The number of rotatable bonds is 1. The number of benzene rings is 1. The average molecular weight is 371 g/mol. The van der Waals surface area contributed by atoms with Crippen LogP contribution in [0.2, 0.25) is 0 Å². The van der Waals surface area contributed by atoms with E-state index < -0.39 is 15.9 Å². The van der Waals surface area contributed by atoms with Crippen LogP contribution in [0.4, 0.5) is 0 Å². The zero-order valence-electron chi connectivity index (χ0n) is 7.67. The van der Waals surface area contributed by atoms with Gasteiger partial charge in [-0.25, -0.2) is 6.08 Å². The predicted molar refractivity (Wildman–Crippen MR) is 52.3 cm³/mol. The maximum atomic E-state index is 9.40. The van der Waals surface area contributed by atoms with Crippen LogP contribution in [0.3, 0.4) is 0 Å². The Balaban J connectivity index is 0.000000265. The van der Waals surface area contributed by atoms with E-state index in [2.05, 4.69) is 0 Å². The summed E-state index contributed by atoms with van der Waals surface area (Å²) in [7, 11) is 0. The van der Waals surface area contributed by atoms with Gasteiger partial charge in [-0.2, -0.15) is 5.56 Å². The summed E-state index contributed by atoms with van der Waals surface area (Å²) in [6.45, 7) is 5.22. The Morgan fingerprint density at radius 2 is 1.47 bits per heavy atom. The van der Waals surface area contributed by atoms with E-state index in [-0.39, 0.29) is 0 Å². The molecule has 0 fully saturated rings. The van der Waals surface area contributed by atoms with Crippen LogP contribution in [0.1, 0.15) is 5.56 Å². The first-order valence-electron chi connectivity index (χ1n) is 3.76. The van der Waals surface area contributed by atoms with Gasteiger partial charge in [0.05, 0.1) is 0 Å². The summed E-state index contributed by atoms with van der Waals surface area (Å²) in [6.07, 6.45) is 1.58. The van der Waals surface area contributed by atoms with Crippen molar-refractivity contribution in [1.29, 1.82) is 0 Å².